The number of allylic oxidation sites excluding steroid dienone is 1. The minimum Gasteiger partial charge on any atom is -0.377 e. The summed E-state index contributed by atoms with van der Waals surface area (Å²) < 4.78 is 0. The minimum absolute atomic E-state index is 0.120. The first-order valence-corrected chi connectivity index (χ1v) is 7.02. The summed E-state index contributed by atoms with van der Waals surface area (Å²) >= 11 is 0. The van der Waals surface area contributed by atoms with Crippen molar-refractivity contribution in [3.8, 4) is 0 Å². The predicted molar refractivity (Wildman–Crippen MR) is 82.2 cm³/mol. The van der Waals surface area contributed by atoms with Crippen molar-refractivity contribution in [2.75, 3.05) is 10.4 Å². The lowest BCUT2D eigenvalue weighted by Gasteiger charge is -2.17. The Morgan fingerprint density at radius 3 is 2.68 bits per heavy atom. The lowest BCUT2D eigenvalue weighted by Crippen LogP contribution is -2.29. The molecule has 0 saturated heterocycles. The van der Waals surface area contributed by atoms with Crippen LogP contribution in [0.5, 0.6) is 0 Å². The van der Waals surface area contributed by atoms with Gasteiger partial charge in [-0.3, -0.25) is 14.4 Å². The number of ketones is 1. The molecule has 2 rings (SSSR count). The van der Waals surface area contributed by atoms with Gasteiger partial charge in [-0.2, -0.15) is 0 Å². The molecule has 1 unspecified atom stereocenters. The van der Waals surface area contributed by atoms with Crippen molar-refractivity contribution in [1.82, 2.24) is 0 Å². The molecule has 2 amide bonds. The van der Waals surface area contributed by atoms with Crippen LogP contribution in [0.1, 0.15) is 37.6 Å². The zero-order chi connectivity index (χ0) is 16.4. The average molecular weight is 302 g/mol. The van der Waals surface area contributed by atoms with Crippen LogP contribution >= 0.6 is 0 Å². The zero-order valence-corrected chi connectivity index (χ0v) is 12.8. The molecule has 22 heavy (non-hydrogen) atoms. The molecule has 0 bridgehead atoms. The maximum atomic E-state index is 11.9. The molecule has 6 nitrogen and oxygen atoms in total. The van der Waals surface area contributed by atoms with E-state index in [4.69, 9.17) is 4.84 Å². The molecule has 0 aromatic heterocycles. The highest BCUT2D eigenvalue weighted by atomic mass is 16.7. The topological polar surface area (TPSA) is 75.7 Å². The van der Waals surface area contributed by atoms with Crippen LogP contribution in [-0.4, -0.2) is 17.6 Å². The van der Waals surface area contributed by atoms with E-state index >= 15 is 0 Å². The Balaban J connectivity index is 2.32. The summed E-state index contributed by atoms with van der Waals surface area (Å²) in [7, 11) is 0. The van der Waals surface area contributed by atoms with Gasteiger partial charge in [-0.05, 0) is 31.5 Å². The number of hydroxylamine groups is 1. The van der Waals surface area contributed by atoms with Gasteiger partial charge in [0, 0.05) is 11.6 Å². The van der Waals surface area contributed by atoms with Crippen molar-refractivity contribution < 1.29 is 19.2 Å². The largest absolute Gasteiger partial charge is 0.377 e. The van der Waals surface area contributed by atoms with Gasteiger partial charge in [-0.25, -0.2) is 0 Å². The van der Waals surface area contributed by atoms with E-state index in [0.29, 0.717) is 11.4 Å². The number of carbonyl (C=O) groups excluding carboxylic acids is 3. The van der Waals surface area contributed by atoms with Gasteiger partial charge in [-0.1, -0.05) is 20.4 Å². The Morgan fingerprint density at radius 1 is 1.41 bits per heavy atom. The fourth-order valence-corrected chi connectivity index (χ4v) is 1.98. The van der Waals surface area contributed by atoms with Crippen LogP contribution in [-0.2, 0) is 14.4 Å². The van der Waals surface area contributed by atoms with Crippen molar-refractivity contribution in [1.29, 1.82) is 0 Å². The first-order valence-electron chi connectivity index (χ1n) is 7.02. The number of nitrogens with zero attached hydrogens (tertiary/aromatic N) is 1. The molecule has 1 aromatic carbocycles. The number of hydrogen-bond donors (Lipinski definition) is 1. The Morgan fingerprint density at radius 2 is 2.09 bits per heavy atom. The Hall–Kier alpha value is -2.63. The van der Waals surface area contributed by atoms with Crippen molar-refractivity contribution >= 4 is 29.0 Å². The molecular formula is C16H18N2O4. The Labute approximate surface area is 128 Å². The first kappa shape index (κ1) is 15.8. The molecule has 0 aliphatic carbocycles. The van der Waals surface area contributed by atoms with Crippen LogP contribution in [0.15, 0.2) is 30.5 Å². The van der Waals surface area contributed by atoms with Gasteiger partial charge in [0.15, 0.2) is 0 Å². The fourth-order valence-electron chi connectivity index (χ4n) is 1.98. The molecule has 1 N–H and O–H groups in total. The molecule has 116 valence electrons. The summed E-state index contributed by atoms with van der Waals surface area (Å²) in [5, 5.41) is 3.66. The van der Waals surface area contributed by atoms with Gasteiger partial charge >= 0.3 is 5.91 Å². The van der Waals surface area contributed by atoms with Crippen molar-refractivity contribution in [3.63, 3.8) is 0 Å². The SMILES string of the molecule is C=C(C)ON1C(=O)C(=O)c2ccc(NC(=O)C(C)CC)cc21. The molecular weight excluding hydrogens is 284 g/mol. The van der Waals surface area contributed by atoms with Crippen LogP contribution in [0.2, 0.25) is 0 Å². The van der Waals surface area contributed by atoms with Gasteiger partial charge < -0.3 is 10.2 Å². The molecule has 0 spiro atoms. The maximum Gasteiger partial charge on any atom is 0.332 e. The van der Waals surface area contributed by atoms with Crippen LogP contribution in [0, 0.1) is 5.92 Å². The third-order valence-electron chi connectivity index (χ3n) is 3.41. The second kappa shape index (κ2) is 6.01. The van der Waals surface area contributed by atoms with Crippen LogP contribution in [0.4, 0.5) is 11.4 Å². The zero-order valence-electron chi connectivity index (χ0n) is 12.8. The van der Waals surface area contributed by atoms with E-state index in [2.05, 4.69) is 11.9 Å². The molecule has 0 saturated carbocycles. The second-order valence-electron chi connectivity index (χ2n) is 5.25. The smallest absolute Gasteiger partial charge is 0.332 e. The van der Waals surface area contributed by atoms with E-state index in [-0.39, 0.29) is 23.1 Å². The highest BCUT2D eigenvalue weighted by Gasteiger charge is 2.38. The van der Waals surface area contributed by atoms with Crippen molar-refractivity contribution in [2.24, 2.45) is 5.92 Å². The molecule has 1 aliphatic heterocycles. The van der Waals surface area contributed by atoms with Gasteiger partial charge in [0.25, 0.3) is 5.78 Å². The molecule has 1 aliphatic rings. The number of carbonyl (C=O) groups is 3. The van der Waals surface area contributed by atoms with E-state index in [0.717, 1.165) is 11.5 Å². The highest BCUT2D eigenvalue weighted by molar-refractivity contribution is 6.51. The van der Waals surface area contributed by atoms with E-state index in [1.54, 1.807) is 19.1 Å². The number of benzene rings is 1. The number of nitrogens with one attached hydrogen (secondary N) is 1. The maximum absolute atomic E-state index is 11.9. The van der Waals surface area contributed by atoms with E-state index in [9.17, 15) is 14.4 Å². The third kappa shape index (κ3) is 2.86. The number of rotatable bonds is 5. The number of amides is 2. The van der Waals surface area contributed by atoms with E-state index < -0.39 is 11.7 Å². The van der Waals surface area contributed by atoms with Crippen molar-refractivity contribution in [2.45, 2.75) is 27.2 Å². The number of anilines is 2. The third-order valence-corrected chi connectivity index (χ3v) is 3.41. The number of hydrogen-bond acceptors (Lipinski definition) is 4. The predicted octanol–water partition coefficient (Wildman–Crippen LogP) is 2.67. The number of fused-ring (bicyclic) bond motifs is 1. The summed E-state index contributed by atoms with van der Waals surface area (Å²) in [5.41, 5.74) is 1.05. The van der Waals surface area contributed by atoms with E-state index in [1.807, 2.05) is 13.8 Å². The Bertz CT molecular complexity index is 666. The quantitative estimate of drug-likeness (QED) is 0.670. The molecule has 0 fully saturated rings. The monoisotopic (exact) mass is 302 g/mol. The van der Waals surface area contributed by atoms with Gasteiger partial charge in [0.2, 0.25) is 5.91 Å². The molecule has 0 radical (unpaired) electrons. The van der Waals surface area contributed by atoms with Crippen LogP contribution < -0.4 is 10.4 Å². The lowest BCUT2D eigenvalue weighted by atomic mass is 10.1. The van der Waals surface area contributed by atoms with Crippen molar-refractivity contribution in [3.05, 3.63) is 36.1 Å². The van der Waals surface area contributed by atoms with Gasteiger partial charge in [0.1, 0.15) is 5.76 Å². The van der Waals surface area contributed by atoms with Crippen LogP contribution in [0.25, 0.3) is 0 Å². The summed E-state index contributed by atoms with van der Waals surface area (Å²) in [6, 6.07) is 4.64. The molecule has 1 heterocycles. The van der Waals surface area contributed by atoms with Crippen LogP contribution in [0.3, 0.4) is 0 Å². The van der Waals surface area contributed by atoms with Gasteiger partial charge in [-0.15, -0.1) is 5.06 Å². The number of Topliss-reactive ketones (excluding diaryl/α,β-unsaturated/α-hetero) is 1. The summed E-state index contributed by atoms with van der Waals surface area (Å²) in [6.45, 7) is 8.88. The summed E-state index contributed by atoms with van der Waals surface area (Å²) in [4.78, 5) is 40.9. The minimum atomic E-state index is -0.775. The summed E-state index contributed by atoms with van der Waals surface area (Å²) in [6.07, 6.45) is 0.721. The molecule has 1 aromatic rings. The second-order valence-corrected chi connectivity index (χ2v) is 5.25. The fraction of sp³-hybridized carbons (Fsp3) is 0.312. The lowest BCUT2D eigenvalue weighted by molar-refractivity contribution is -0.120. The Kier molecular flexibility index (Phi) is 4.30. The summed E-state index contributed by atoms with van der Waals surface area (Å²) in [5.74, 6) is -1.38. The average Bonchev–Trinajstić information content (AvgIpc) is 2.70. The van der Waals surface area contributed by atoms with E-state index in [1.165, 1.54) is 6.07 Å². The first-order chi connectivity index (χ1) is 10.3. The normalized spacial score (nSPS) is 14.6. The molecule has 1 atom stereocenters. The standard InChI is InChI=1S/C16H18N2O4/c1-5-10(4)15(20)17-11-6-7-12-13(8-11)18(22-9(2)3)16(21)14(12)19/h6-8,10H,2,5H2,1,3-4H3,(H,17,20). The van der Waals surface area contributed by atoms with Gasteiger partial charge in [0.05, 0.1) is 11.3 Å². The highest BCUT2D eigenvalue weighted by Crippen LogP contribution is 2.32. The molecule has 6 heteroatoms.